The van der Waals surface area contributed by atoms with Gasteiger partial charge in [0.2, 0.25) is 0 Å². The molecule has 1 aliphatic heterocycles. The second-order valence-corrected chi connectivity index (χ2v) is 4.85. The third kappa shape index (κ3) is 2.77. The Morgan fingerprint density at radius 2 is 2.18 bits per heavy atom. The Hall–Kier alpha value is -1.55. The summed E-state index contributed by atoms with van der Waals surface area (Å²) >= 11 is 0. The summed E-state index contributed by atoms with van der Waals surface area (Å²) in [5, 5.41) is 0. The fourth-order valence-electron chi connectivity index (χ4n) is 2.48. The maximum Gasteiger partial charge on any atom is 0.314 e. The number of rotatable bonds is 1. The molecule has 2 rings (SSSR count). The molecule has 1 aliphatic rings. The first-order chi connectivity index (χ1) is 8.06. The van der Waals surface area contributed by atoms with Crippen LogP contribution in [0.2, 0.25) is 0 Å². The number of benzene rings is 1. The van der Waals surface area contributed by atoms with E-state index >= 15 is 0 Å². The lowest BCUT2D eigenvalue weighted by Gasteiger charge is -2.35. The van der Waals surface area contributed by atoms with E-state index in [1.807, 2.05) is 6.07 Å². The maximum atomic E-state index is 11.2. The van der Waals surface area contributed by atoms with Crippen molar-refractivity contribution >= 4 is 6.03 Å². The third-order valence-corrected chi connectivity index (χ3v) is 3.31. The first-order valence-corrected chi connectivity index (χ1v) is 5.93. The van der Waals surface area contributed by atoms with Crippen molar-refractivity contribution < 1.29 is 4.79 Å². The largest absolute Gasteiger partial charge is 0.351 e. The molecule has 4 nitrogen and oxygen atoms in total. The van der Waals surface area contributed by atoms with Gasteiger partial charge in [-0.1, -0.05) is 29.8 Å². The zero-order valence-corrected chi connectivity index (χ0v) is 10.1. The van der Waals surface area contributed by atoms with Crippen LogP contribution >= 0.6 is 0 Å². The predicted octanol–water partition coefficient (Wildman–Crippen LogP) is 1.19. The molecule has 0 aromatic heterocycles. The Labute approximate surface area is 102 Å². The predicted molar refractivity (Wildman–Crippen MR) is 67.7 cm³/mol. The molecule has 1 saturated heterocycles. The summed E-state index contributed by atoms with van der Waals surface area (Å²) < 4.78 is 0. The standard InChI is InChI=1S/C13H19N3O/c1-9-3-2-4-10(5-9)11-6-12(14)8-16(7-11)13(15)17/h2-5,11-12H,6-8,14H2,1H3,(H2,15,17). The molecule has 1 aromatic rings. The van der Waals surface area contributed by atoms with Crippen molar-refractivity contribution in [2.45, 2.75) is 25.3 Å². The van der Waals surface area contributed by atoms with Gasteiger partial charge in [-0.3, -0.25) is 0 Å². The van der Waals surface area contributed by atoms with E-state index in [4.69, 9.17) is 11.5 Å². The van der Waals surface area contributed by atoms with Crippen molar-refractivity contribution in [1.29, 1.82) is 0 Å². The van der Waals surface area contributed by atoms with Crippen LogP contribution in [0, 0.1) is 6.92 Å². The number of carbonyl (C=O) groups is 1. The van der Waals surface area contributed by atoms with Crippen LogP contribution in [0.4, 0.5) is 4.79 Å². The van der Waals surface area contributed by atoms with Gasteiger partial charge in [-0.25, -0.2) is 4.79 Å². The van der Waals surface area contributed by atoms with Gasteiger partial charge in [0, 0.05) is 25.0 Å². The SMILES string of the molecule is Cc1cccc(C2CC(N)CN(C(N)=O)C2)c1. The van der Waals surface area contributed by atoms with Crippen LogP contribution in [0.25, 0.3) is 0 Å². The Balaban J connectivity index is 2.18. The Morgan fingerprint density at radius 3 is 2.82 bits per heavy atom. The van der Waals surface area contributed by atoms with Gasteiger partial charge in [-0.2, -0.15) is 0 Å². The number of carbonyl (C=O) groups excluding carboxylic acids is 1. The van der Waals surface area contributed by atoms with Crippen LogP contribution in [0.5, 0.6) is 0 Å². The fourth-order valence-corrected chi connectivity index (χ4v) is 2.48. The van der Waals surface area contributed by atoms with Crippen LogP contribution in [0.15, 0.2) is 24.3 Å². The average Bonchev–Trinajstić information content (AvgIpc) is 2.28. The first-order valence-electron chi connectivity index (χ1n) is 5.93. The lowest BCUT2D eigenvalue weighted by molar-refractivity contribution is 0.180. The summed E-state index contributed by atoms with van der Waals surface area (Å²) in [4.78, 5) is 12.9. The third-order valence-electron chi connectivity index (χ3n) is 3.31. The monoisotopic (exact) mass is 233 g/mol. The van der Waals surface area contributed by atoms with Gasteiger partial charge in [-0.15, -0.1) is 0 Å². The molecular weight excluding hydrogens is 214 g/mol. The summed E-state index contributed by atoms with van der Waals surface area (Å²) in [5.74, 6) is 0.297. The Morgan fingerprint density at radius 1 is 1.41 bits per heavy atom. The second kappa shape index (κ2) is 4.75. The number of nitrogens with zero attached hydrogens (tertiary/aromatic N) is 1. The van der Waals surface area contributed by atoms with Gasteiger partial charge < -0.3 is 16.4 Å². The minimum Gasteiger partial charge on any atom is -0.351 e. The van der Waals surface area contributed by atoms with Crippen LogP contribution in [0.3, 0.4) is 0 Å². The molecule has 0 spiro atoms. The number of primary amides is 1. The van der Waals surface area contributed by atoms with Gasteiger partial charge in [0.05, 0.1) is 0 Å². The number of nitrogens with two attached hydrogens (primary N) is 2. The number of amides is 2. The van der Waals surface area contributed by atoms with E-state index in [0.29, 0.717) is 19.0 Å². The van der Waals surface area contributed by atoms with Crippen LogP contribution in [-0.2, 0) is 0 Å². The highest BCUT2D eigenvalue weighted by molar-refractivity contribution is 5.72. The molecule has 17 heavy (non-hydrogen) atoms. The van der Waals surface area contributed by atoms with Crippen LogP contribution < -0.4 is 11.5 Å². The van der Waals surface area contributed by atoms with Gasteiger partial charge in [-0.05, 0) is 18.9 Å². The Kier molecular flexibility index (Phi) is 3.33. The number of piperidine rings is 1. The van der Waals surface area contributed by atoms with Crippen molar-refractivity contribution in [2.75, 3.05) is 13.1 Å². The molecule has 2 amide bonds. The molecule has 1 aromatic carbocycles. The molecule has 0 bridgehead atoms. The van der Waals surface area contributed by atoms with Crippen molar-refractivity contribution in [3.8, 4) is 0 Å². The van der Waals surface area contributed by atoms with E-state index in [2.05, 4.69) is 25.1 Å². The van der Waals surface area contributed by atoms with Crippen molar-refractivity contribution in [1.82, 2.24) is 4.90 Å². The number of urea groups is 1. The molecule has 2 unspecified atom stereocenters. The molecular formula is C13H19N3O. The van der Waals surface area contributed by atoms with Gasteiger partial charge in [0.15, 0.2) is 0 Å². The molecule has 0 aliphatic carbocycles. The lowest BCUT2D eigenvalue weighted by atomic mass is 9.88. The summed E-state index contributed by atoms with van der Waals surface area (Å²) in [6.45, 7) is 3.31. The molecule has 1 fully saturated rings. The molecule has 0 radical (unpaired) electrons. The van der Waals surface area contributed by atoms with Gasteiger partial charge >= 0.3 is 6.03 Å². The molecule has 4 N–H and O–H groups in total. The topological polar surface area (TPSA) is 72.3 Å². The zero-order chi connectivity index (χ0) is 12.4. The quantitative estimate of drug-likeness (QED) is 0.764. The van der Waals surface area contributed by atoms with E-state index in [0.717, 1.165) is 6.42 Å². The molecule has 2 atom stereocenters. The van der Waals surface area contributed by atoms with Crippen molar-refractivity contribution in [2.24, 2.45) is 11.5 Å². The molecule has 4 heteroatoms. The summed E-state index contributed by atoms with van der Waals surface area (Å²) in [7, 11) is 0. The fraction of sp³-hybridized carbons (Fsp3) is 0.462. The number of aryl methyl sites for hydroxylation is 1. The van der Waals surface area contributed by atoms with Crippen molar-refractivity contribution in [3.63, 3.8) is 0 Å². The zero-order valence-electron chi connectivity index (χ0n) is 10.1. The normalized spacial score (nSPS) is 24.7. The summed E-state index contributed by atoms with van der Waals surface area (Å²) in [5.41, 5.74) is 13.8. The van der Waals surface area contributed by atoms with E-state index in [1.165, 1.54) is 11.1 Å². The van der Waals surface area contributed by atoms with Crippen LogP contribution in [0.1, 0.15) is 23.5 Å². The molecule has 92 valence electrons. The first kappa shape index (κ1) is 11.9. The minimum absolute atomic E-state index is 0.0155. The van der Waals surface area contributed by atoms with Gasteiger partial charge in [0.1, 0.15) is 0 Å². The number of hydrogen-bond acceptors (Lipinski definition) is 2. The van der Waals surface area contributed by atoms with E-state index in [-0.39, 0.29) is 12.1 Å². The van der Waals surface area contributed by atoms with E-state index < -0.39 is 0 Å². The number of likely N-dealkylation sites (tertiary alicyclic amines) is 1. The number of hydrogen-bond donors (Lipinski definition) is 2. The Bertz CT molecular complexity index is 419. The highest BCUT2D eigenvalue weighted by atomic mass is 16.2. The molecule has 0 saturated carbocycles. The van der Waals surface area contributed by atoms with Crippen molar-refractivity contribution in [3.05, 3.63) is 35.4 Å². The van der Waals surface area contributed by atoms with E-state index in [9.17, 15) is 4.79 Å². The summed E-state index contributed by atoms with van der Waals surface area (Å²) in [6, 6.07) is 7.99. The smallest absolute Gasteiger partial charge is 0.314 e. The molecule has 1 heterocycles. The highest BCUT2D eigenvalue weighted by Crippen LogP contribution is 2.26. The van der Waals surface area contributed by atoms with E-state index in [1.54, 1.807) is 4.90 Å². The summed E-state index contributed by atoms with van der Waals surface area (Å²) in [6.07, 6.45) is 0.910. The lowest BCUT2D eigenvalue weighted by Crippen LogP contribution is -2.50. The van der Waals surface area contributed by atoms with Crippen LogP contribution in [-0.4, -0.2) is 30.1 Å². The maximum absolute atomic E-state index is 11.2. The second-order valence-electron chi connectivity index (χ2n) is 4.85. The highest BCUT2D eigenvalue weighted by Gasteiger charge is 2.27. The van der Waals surface area contributed by atoms with Gasteiger partial charge in [0.25, 0.3) is 0 Å². The minimum atomic E-state index is -0.377. The average molecular weight is 233 g/mol.